The van der Waals surface area contributed by atoms with Crippen molar-refractivity contribution in [1.29, 1.82) is 0 Å². The maximum absolute atomic E-state index is 8.99. The van der Waals surface area contributed by atoms with Gasteiger partial charge in [0.2, 0.25) is 0 Å². The van der Waals surface area contributed by atoms with Gasteiger partial charge in [0.05, 0.1) is 17.8 Å². The minimum absolute atomic E-state index is 0.153. The van der Waals surface area contributed by atoms with Crippen molar-refractivity contribution in [2.24, 2.45) is 0 Å². The van der Waals surface area contributed by atoms with Crippen molar-refractivity contribution in [2.75, 3.05) is 7.04 Å². The molecule has 0 aliphatic heterocycles. The molecule has 0 saturated carbocycles. The van der Waals surface area contributed by atoms with E-state index >= 15 is 0 Å². The van der Waals surface area contributed by atoms with Crippen LogP contribution in [0.4, 0.5) is 0 Å². The average molecular weight is 156 g/mol. The molecule has 0 radical (unpaired) electrons. The summed E-state index contributed by atoms with van der Waals surface area (Å²) in [6.45, 7) is 1.39. The van der Waals surface area contributed by atoms with Crippen molar-refractivity contribution >= 4 is 0 Å². The van der Waals surface area contributed by atoms with Gasteiger partial charge in [-0.3, -0.25) is 4.98 Å². The first-order valence-corrected chi connectivity index (χ1v) is 3.18. The zero-order valence-electron chi connectivity index (χ0n) is 9.16. The topological polar surface area (TPSA) is 42.4 Å². The Balaban J connectivity index is 3.02. The standard InChI is InChI=1S/C8H11NO2/c1-6-7(5-10)8(11-2)3-4-9-6/h3-4,10H,5H2,1-2H3/i2D3. The zero-order chi connectivity index (χ0) is 10.8. The van der Waals surface area contributed by atoms with Crippen molar-refractivity contribution in [3.63, 3.8) is 0 Å². The Bertz CT molecular complexity index is 325. The summed E-state index contributed by atoms with van der Waals surface area (Å²) in [5.41, 5.74) is 0.970. The monoisotopic (exact) mass is 156 g/mol. The van der Waals surface area contributed by atoms with E-state index in [0.717, 1.165) is 0 Å². The molecule has 0 aromatic carbocycles. The lowest BCUT2D eigenvalue weighted by Gasteiger charge is -2.06. The van der Waals surface area contributed by atoms with E-state index < -0.39 is 7.04 Å². The van der Waals surface area contributed by atoms with Crippen LogP contribution in [0.15, 0.2) is 12.3 Å². The first-order valence-electron chi connectivity index (χ1n) is 4.68. The number of hydrogen-bond donors (Lipinski definition) is 1. The van der Waals surface area contributed by atoms with Crippen LogP contribution in [-0.2, 0) is 6.61 Å². The highest BCUT2D eigenvalue weighted by atomic mass is 16.5. The van der Waals surface area contributed by atoms with Crippen LogP contribution in [0.3, 0.4) is 0 Å². The molecule has 0 aliphatic rings. The minimum atomic E-state index is -2.50. The van der Waals surface area contributed by atoms with Gasteiger partial charge in [-0.1, -0.05) is 0 Å². The molecule has 60 valence electrons. The molecule has 0 saturated heterocycles. The predicted molar refractivity (Wildman–Crippen MR) is 41.4 cm³/mol. The summed E-state index contributed by atoms with van der Waals surface area (Å²) >= 11 is 0. The SMILES string of the molecule is [2H]C([2H])([2H])Oc1ccnc(C)c1CO. The van der Waals surface area contributed by atoms with Crippen LogP contribution in [-0.4, -0.2) is 17.1 Å². The van der Waals surface area contributed by atoms with E-state index in [1.54, 1.807) is 6.92 Å². The quantitative estimate of drug-likeness (QED) is 0.691. The lowest BCUT2D eigenvalue weighted by molar-refractivity contribution is 0.272. The molecule has 1 aromatic rings. The van der Waals surface area contributed by atoms with Crippen LogP contribution in [0.5, 0.6) is 5.75 Å². The normalized spacial score (nSPS) is 14.9. The van der Waals surface area contributed by atoms with E-state index in [1.807, 2.05) is 0 Å². The van der Waals surface area contributed by atoms with Gasteiger partial charge in [0, 0.05) is 17.5 Å². The molecule has 0 aliphatic carbocycles. The predicted octanol–water partition coefficient (Wildman–Crippen LogP) is 0.891. The minimum Gasteiger partial charge on any atom is -0.496 e. The number of ether oxygens (including phenoxy) is 1. The third-order valence-electron chi connectivity index (χ3n) is 1.50. The molecular weight excluding hydrogens is 142 g/mol. The Morgan fingerprint density at radius 1 is 1.82 bits per heavy atom. The summed E-state index contributed by atoms with van der Waals surface area (Å²) in [5.74, 6) is 0.153. The number of aryl methyl sites for hydroxylation is 1. The van der Waals surface area contributed by atoms with Gasteiger partial charge in [-0.2, -0.15) is 0 Å². The van der Waals surface area contributed by atoms with Crippen molar-refractivity contribution < 1.29 is 14.0 Å². The number of nitrogens with zero attached hydrogens (tertiary/aromatic N) is 1. The molecule has 0 spiro atoms. The van der Waals surface area contributed by atoms with Gasteiger partial charge in [-0.15, -0.1) is 0 Å². The van der Waals surface area contributed by atoms with Crippen molar-refractivity contribution in [2.45, 2.75) is 13.5 Å². The molecule has 1 heterocycles. The number of methoxy groups -OCH3 is 1. The van der Waals surface area contributed by atoms with E-state index in [-0.39, 0.29) is 12.4 Å². The Labute approximate surface area is 69.9 Å². The van der Waals surface area contributed by atoms with Crippen LogP contribution in [0.2, 0.25) is 0 Å². The second kappa shape index (κ2) is 3.34. The average Bonchev–Trinajstić information content (AvgIpc) is 2.01. The van der Waals surface area contributed by atoms with Gasteiger partial charge in [-0.05, 0) is 13.0 Å². The number of aliphatic hydroxyl groups is 1. The summed E-state index contributed by atoms with van der Waals surface area (Å²) in [6.07, 6.45) is 1.44. The van der Waals surface area contributed by atoms with Crippen LogP contribution >= 0.6 is 0 Å². The molecule has 1 aromatic heterocycles. The molecule has 0 bridgehead atoms. The Morgan fingerprint density at radius 2 is 2.64 bits per heavy atom. The number of aliphatic hydroxyl groups excluding tert-OH is 1. The van der Waals surface area contributed by atoms with Gasteiger partial charge < -0.3 is 9.84 Å². The largest absolute Gasteiger partial charge is 0.496 e. The first kappa shape index (κ1) is 4.72. The van der Waals surface area contributed by atoms with Gasteiger partial charge in [0.15, 0.2) is 0 Å². The van der Waals surface area contributed by atoms with Crippen molar-refractivity contribution in [3.05, 3.63) is 23.5 Å². The molecule has 1 N–H and O–H groups in total. The third-order valence-corrected chi connectivity index (χ3v) is 1.50. The van der Waals surface area contributed by atoms with E-state index in [2.05, 4.69) is 4.98 Å². The third kappa shape index (κ3) is 1.49. The van der Waals surface area contributed by atoms with Gasteiger partial charge >= 0.3 is 0 Å². The molecule has 3 heteroatoms. The second-order valence-corrected chi connectivity index (χ2v) is 2.13. The molecule has 0 unspecified atom stereocenters. The second-order valence-electron chi connectivity index (χ2n) is 2.13. The Morgan fingerprint density at radius 3 is 3.27 bits per heavy atom. The Hall–Kier alpha value is -1.09. The molecule has 0 fully saturated rings. The van der Waals surface area contributed by atoms with Crippen LogP contribution in [0, 0.1) is 6.92 Å². The summed E-state index contributed by atoms with van der Waals surface area (Å²) in [5, 5.41) is 8.99. The Kier molecular flexibility index (Phi) is 1.44. The molecule has 3 nitrogen and oxygen atoms in total. The number of pyridine rings is 1. The van der Waals surface area contributed by atoms with Crippen molar-refractivity contribution in [3.8, 4) is 5.75 Å². The number of aromatic nitrogens is 1. The van der Waals surface area contributed by atoms with E-state index in [1.165, 1.54) is 12.3 Å². The fraction of sp³-hybridized carbons (Fsp3) is 0.375. The molecular formula is C8H11NO2. The zero-order valence-corrected chi connectivity index (χ0v) is 6.16. The number of rotatable bonds is 2. The molecule has 0 atom stereocenters. The molecule has 11 heavy (non-hydrogen) atoms. The van der Waals surface area contributed by atoms with E-state index in [0.29, 0.717) is 11.3 Å². The summed E-state index contributed by atoms with van der Waals surface area (Å²) in [4.78, 5) is 3.92. The van der Waals surface area contributed by atoms with Gasteiger partial charge in [0.25, 0.3) is 0 Å². The first-order chi connectivity index (χ1) is 6.44. The fourth-order valence-corrected chi connectivity index (χ4v) is 0.862. The van der Waals surface area contributed by atoms with E-state index in [9.17, 15) is 0 Å². The van der Waals surface area contributed by atoms with Crippen LogP contribution < -0.4 is 4.74 Å². The van der Waals surface area contributed by atoms with Crippen LogP contribution in [0.25, 0.3) is 0 Å². The highest BCUT2D eigenvalue weighted by Gasteiger charge is 2.03. The van der Waals surface area contributed by atoms with Crippen molar-refractivity contribution in [1.82, 2.24) is 4.98 Å². The molecule has 0 amide bonds. The maximum Gasteiger partial charge on any atom is 0.127 e. The van der Waals surface area contributed by atoms with Gasteiger partial charge in [0.1, 0.15) is 5.75 Å². The highest BCUT2D eigenvalue weighted by molar-refractivity contribution is 5.34. The van der Waals surface area contributed by atoms with E-state index in [4.69, 9.17) is 14.0 Å². The lowest BCUT2D eigenvalue weighted by atomic mass is 10.2. The maximum atomic E-state index is 8.99. The summed E-state index contributed by atoms with van der Waals surface area (Å²) in [6, 6.07) is 1.42. The van der Waals surface area contributed by atoms with Gasteiger partial charge in [-0.25, -0.2) is 0 Å². The number of hydrogen-bond acceptors (Lipinski definition) is 3. The lowest BCUT2D eigenvalue weighted by Crippen LogP contribution is -1.96. The summed E-state index contributed by atoms with van der Waals surface area (Å²) in [7, 11) is -2.50. The molecule has 1 rings (SSSR count). The van der Waals surface area contributed by atoms with Crippen LogP contribution in [0.1, 0.15) is 15.4 Å². The fourth-order valence-electron chi connectivity index (χ4n) is 0.862. The smallest absolute Gasteiger partial charge is 0.127 e. The highest BCUT2D eigenvalue weighted by Crippen LogP contribution is 2.18. The summed E-state index contributed by atoms with van der Waals surface area (Å²) < 4.78 is 25.5.